The summed E-state index contributed by atoms with van der Waals surface area (Å²) in [6.45, 7) is 3.77. The van der Waals surface area contributed by atoms with Crippen LogP contribution >= 0.6 is 0 Å². The van der Waals surface area contributed by atoms with Gasteiger partial charge in [-0.25, -0.2) is 0 Å². The molecule has 6 nitrogen and oxygen atoms in total. The highest BCUT2D eigenvalue weighted by molar-refractivity contribution is 6.06. The van der Waals surface area contributed by atoms with E-state index in [9.17, 15) is 9.59 Å². The lowest BCUT2D eigenvalue weighted by molar-refractivity contribution is -0.137. The first-order valence-electron chi connectivity index (χ1n) is 7.08. The molecule has 0 unspecified atom stereocenters. The Morgan fingerprint density at radius 1 is 1.38 bits per heavy atom. The van der Waals surface area contributed by atoms with Crippen molar-refractivity contribution in [2.45, 2.75) is 32.3 Å². The predicted molar refractivity (Wildman–Crippen MR) is 81.2 cm³/mol. The number of nitrogens with zero attached hydrogens (tertiary/aromatic N) is 1. The lowest BCUT2D eigenvalue weighted by atomic mass is 9.92. The van der Waals surface area contributed by atoms with E-state index in [1.54, 1.807) is 25.2 Å². The molecule has 21 heavy (non-hydrogen) atoms. The van der Waals surface area contributed by atoms with E-state index in [1.807, 2.05) is 13.8 Å². The van der Waals surface area contributed by atoms with E-state index in [2.05, 4.69) is 5.32 Å². The third-order valence-corrected chi connectivity index (χ3v) is 3.94. The number of hydrogen-bond donors (Lipinski definition) is 2. The Hall–Kier alpha value is -2.24. The number of carbonyl (C=O) groups excluding carboxylic acids is 2. The Kier molecular flexibility index (Phi) is 4.06. The fourth-order valence-corrected chi connectivity index (χ4v) is 2.52. The minimum absolute atomic E-state index is 0.0304. The molecule has 6 heteroatoms. The number of fused-ring (bicyclic) bond motifs is 1. The van der Waals surface area contributed by atoms with Crippen molar-refractivity contribution in [3.63, 3.8) is 0 Å². The second-order valence-electron chi connectivity index (χ2n) is 5.10. The van der Waals surface area contributed by atoms with E-state index >= 15 is 0 Å². The Labute approximate surface area is 124 Å². The van der Waals surface area contributed by atoms with Crippen LogP contribution in [-0.4, -0.2) is 31.0 Å². The predicted octanol–water partition coefficient (Wildman–Crippen LogP) is 1.30. The molecule has 2 amide bonds. The van der Waals surface area contributed by atoms with Crippen molar-refractivity contribution in [2.75, 3.05) is 24.2 Å². The zero-order valence-corrected chi connectivity index (χ0v) is 12.6. The molecule has 0 atom stereocenters. The molecule has 1 heterocycles. The molecule has 0 spiro atoms. The summed E-state index contributed by atoms with van der Waals surface area (Å²) in [5.74, 6) is 0.129. The molecule has 0 saturated heterocycles. The molecular weight excluding hydrogens is 270 g/mol. The molecule has 0 aromatic heterocycles. The average Bonchev–Trinajstić information content (AvgIpc) is 2.49. The average molecular weight is 291 g/mol. The number of benzene rings is 1. The summed E-state index contributed by atoms with van der Waals surface area (Å²) in [7, 11) is 1.55. The van der Waals surface area contributed by atoms with Gasteiger partial charge in [0.2, 0.25) is 5.91 Å². The molecule has 2 rings (SSSR count). The first kappa shape index (κ1) is 15.2. The standard InChI is InChI=1S/C15H21N3O3/c1-4-15(5-2)14(20)18(9-13(19)17-3)11-7-6-10(16)8-12(11)21-15/h6-8H,4-5,9,16H2,1-3H3,(H,17,19). The van der Waals surface area contributed by atoms with Gasteiger partial charge in [-0.2, -0.15) is 0 Å². The SMILES string of the molecule is CCC1(CC)Oc2cc(N)ccc2N(CC(=O)NC)C1=O. The van der Waals surface area contributed by atoms with Gasteiger partial charge in [-0.3, -0.25) is 14.5 Å². The summed E-state index contributed by atoms with van der Waals surface area (Å²) in [4.78, 5) is 26.0. The number of likely N-dealkylation sites (N-methyl/N-ethyl adjacent to an activating group) is 1. The smallest absolute Gasteiger partial charge is 0.271 e. The third-order valence-electron chi connectivity index (χ3n) is 3.94. The molecule has 1 aromatic rings. The van der Waals surface area contributed by atoms with Crippen LogP contribution in [0, 0.1) is 0 Å². The highest BCUT2D eigenvalue weighted by Gasteiger charge is 2.46. The number of ether oxygens (including phenoxy) is 1. The zero-order valence-electron chi connectivity index (χ0n) is 12.6. The maximum atomic E-state index is 12.8. The zero-order chi connectivity index (χ0) is 15.6. The molecule has 1 aromatic carbocycles. The van der Waals surface area contributed by atoms with E-state index in [0.717, 1.165) is 0 Å². The third kappa shape index (κ3) is 2.53. The van der Waals surface area contributed by atoms with Gasteiger partial charge in [0.15, 0.2) is 5.60 Å². The van der Waals surface area contributed by atoms with Gasteiger partial charge in [-0.05, 0) is 25.0 Å². The molecule has 114 valence electrons. The minimum atomic E-state index is -0.936. The van der Waals surface area contributed by atoms with Crippen LogP contribution in [0.3, 0.4) is 0 Å². The van der Waals surface area contributed by atoms with Crippen molar-refractivity contribution >= 4 is 23.2 Å². The van der Waals surface area contributed by atoms with Gasteiger partial charge < -0.3 is 15.8 Å². The van der Waals surface area contributed by atoms with E-state index in [1.165, 1.54) is 4.90 Å². The van der Waals surface area contributed by atoms with Crippen molar-refractivity contribution in [2.24, 2.45) is 0 Å². The highest BCUT2D eigenvalue weighted by Crippen LogP contribution is 2.41. The van der Waals surface area contributed by atoms with Crippen LogP contribution in [0.5, 0.6) is 5.75 Å². The fourth-order valence-electron chi connectivity index (χ4n) is 2.52. The van der Waals surface area contributed by atoms with Gasteiger partial charge in [-0.15, -0.1) is 0 Å². The normalized spacial score (nSPS) is 16.1. The highest BCUT2D eigenvalue weighted by atomic mass is 16.5. The molecule has 0 aliphatic carbocycles. The van der Waals surface area contributed by atoms with E-state index in [4.69, 9.17) is 10.5 Å². The van der Waals surface area contributed by atoms with Crippen LogP contribution in [-0.2, 0) is 9.59 Å². The van der Waals surface area contributed by atoms with Crippen LogP contribution in [0.4, 0.5) is 11.4 Å². The quantitative estimate of drug-likeness (QED) is 0.819. The van der Waals surface area contributed by atoms with Crippen LogP contribution in [0.2, 0.25) is 0 Å². The number of amides is 2. The number of nitrogen functional groups attached to an aromatic ring is 1. The lowest BCUT2D eigenvalue weighted by Gasteiger charge is -2.41. The summed E-state index contributed by atoms with van der Waals surface area (Å²) < 4.78 is 5.95. The van der Waals surface area contributed by atoms with Crippen molar-refractivity contribution < 1.29 is 14.3 Å². The van der Waals surface area contributed by atoms with Crippen LogP contribution in [0.25, 0.3) is 0 Å². The van der Waals surface area contributed by atoms with Crippen LogP contribution in [0.15, 0.2) is 18.2 Å². The largest absolute Gasteiger partial charge is 0.475 e. The monoisotopic (exact) mass is 291 g/mol. The van der Waals surface area contributed by atoms with Gasteiger partial charge in [0.1, 0.15) is 12.3 Å². The fraction of sp³-hybridized carbons (Fsp3) is 0.467. The maximum Gasteiger partial charge on any atom is 0.271 e. The number of anilines is 2. The second-order valence-corrected chi connectivity index (χ2v) is 5.10. The molecule has 1 aliphatic heterocycles. The van der Waals surface area contributed by atoms with E-state index in [-0.39, 0.29) is 18.4 Å². The van der Waals surface area contributed by atoms with Crippen LogP contribution < -0.4 is 20.7 Å². The Balaban J connectivity index is 2.51. The number of hydrogen-bond acceptors (Lipinski definition) is 4. The minimum Gasteiger partial charge on any atom is -0.475 e. The first-order chi connectivity index (χ1) is 9.97. The summed E-state index contributed by atoms with van der Waals surface area (Å²) in [6, 6.07) is 5.09. The van der Waals surface area contributed by atoms with E-state index < -0.39 is 5.60 Å². The van der Waals surface area contributed by atoms with Crippen molar-refractivity contribution in [1.29, 1.82) is 0 Å². The Bertz CT molecular complexity index is 567. The molecule has 0 radical (unpaired) electrons. The Morgan fingerprint density at radius 3 is 2.62 bits per heavy atom. The lowest BCUT2D eigenvalue weighted by Crippen LogP contribution is -2.57. The summed E-state index contributed by atoms with van der Waals surface area (Å²) in [5, 5.41) is 2.54. The summed E-state index contributed by atoms with van der Waals surface area (Å²) in [5.41, 5.74) is 6.00. The maximum absolute atomic E-state index is 12.8. The van der Waals surface area contributed by atoms with Gasteiger partial charge >= 0.3 is 0 Å². The van der Waals surface area contributed by atoms with E-state index in [0.29, 0.717) is 30.0 Å². The number of nitrogens with one attached hydrogen (secondary N) is 1. The van der Waals surface area contributed by atoms with Crippen molar-refractivity contribution in [1.82, 2.24) is 5.32 Å². The van der Waals surface area contributed by atoms with Gasteiger partial charge in [0.25, 0.3) is 5.91 Å². The van der Waals surface area contributed by atoms with Gasteiger partial charge in [-0.1, -0.05) is 13.8 Å². The van der Waals surface area contributed by atoms with Crippen molar-refractivity contribution in [3.05, 3.63) is 18.2 Å². The van der Waals surface area contributed by atoms with Crippen LogP contribution in [0.1, 0.15) is 26.7 Å². The van der Waals surface area contributed by atoms with Gasteiger partial charge in [0.05, 0.1) is 5.69 Å². The number of carbonyl (C=O) groups is 2. The number of nitrogens with two attached hydrogens (primary N) is 1. The molecule has 3 N–H and O–H groups in total. The second kappa shape index (κ2) is 5.63. The van der Waals surface area contributed by atoms with Crippen molar-refractivity contribution in [3.8, 4) is 5.75 Å². The molecular formula is C15H21N3O3. The summed E-state index contributed by atoms with van der Waals surface area (Å²) >= 11 is 0. The molecule has 0 saturated carbocycles. The molecule has 0 fully saturated rings. The molecule has 1 aliphatic rings. The number of rotatable bonds is 4. The summed E-state index contributed by atoms with van der Waals surface area (Å²) in [6.07, 6.45) is 1.06. The first-order valence-corrected chi connectivity index (χ1v) is 7.08. The Morgan fingerprint density at radius 2 is 2.05 bits per heavy atom. The van der Waals surface area contributed by atoms with Gasteiger partial charge in [0, 0.05) is 18.8 Å². The molecule has 0 bridgehead atoms. The topological polar surface area (TPSA) is 84.7 Å².